The maximum atomic E-state index is 13.6. The van der Waals surface area contributed by atoms with Crippen molar-refractivity contribution in [2.45, 2.75) is 12.4 Å². The van der Waals surface area contributed by atoms with Crippen molar-refractivity contribution in [3.8, 4) is 23.5 Å². The Bertz CT molecular complexity index is 1670. The summed E-state index contributed by atoms with van der Waals surface area (Å²) in [5, 5.41) is 11.3. The summed E-state index contributed by atoms with van der Waals surface area (Å²) in [6, 6.07) is 15.1. The van der Waals surface area contributed by atoms with Gasteiger partial charge in [-0.1, -0.05) is 41.8 Å². The summed E-state index contributed by atoms with van der Waals surface area (Å²) in [5.74, 6) is 2.46. The van der Waals surface area contributed by atoms with Crippen molar-refractivity contribution in [1.82, 2.24) is 19.1 Å². The predicted molar refractivity (Wildman–Crippen MR) is 139 cm³/mol. The predicted octanol–water partition coefficient (Wildman–Crippen LogP) is 5.68. The van der Waals surface area contributed by atoms with Gasteiger partial charge in [-0.25, -0.2) is 9.55 Å². The molecule has 0 saturated heterocycles. The van der Waals surface area contributed by atoms with Gasteiger partial charge in [0.25, 0.3) is 5.56 Å². The number of benzene rings is 2. The average Bonchev–Trinajstić information content (AvgIpc) is 3.38. The number of aliphatic hydroxyl groups excluding tert-OH is 1. The molecule has 6 nitrogen and oxygen atoms in total. The molecule has 38 heavy (non-hydrogen) atoms. The molecule has 0 aliphatic rings. The number of alkyl halides is 3. The molecule has 0 aliphatic heterocycles. The molecule has 3 aromatic heterocycles. The number of aromatic nitrogens is 4. The van der Waals surface area contributed by atoms with Crippen LogP contribution in [-0.2, 0) is 13.3 Å². The van der Waals surface area contributed by atoms with Gasteiger partial charge < -0.3 is 9.67 Å². The van der Waals surface area contributed by atoms with Crippen LogP contribution in [0.15, 0.2) is 90.4 Å². The largest absolute Gasteiger partial charge is 0.491 e. The molecule has 0 saturated carbocycles. The first-order valence-corrected chi connectivity index (χ1v) is 11.5. The van der Waals surface area contributed by atoms with Crippen molar-refractivity contribution in [1.29, 1.82) is 0 Å². The highest BCUT2D eigenvalue weighted by atomic mass is 35.5. The Labute approximate surface area is 220 Å². The van der Waals surface area contributed by atoms with Crippen LogP contribution in [-0.4, -0.2) is 24.2 Å². The summed E-state index contributed by atoms with van der Waals surface area (Å²) in [6.07, 6.45) is 5.60. The van der Waals surface area contributed by atoms with Crippen molar-refractivity contribution in [2.75, 3.05) is 0 Å². The Balaban J connectivity index is 0.000000494. The van der Waals surface area contributed by atoms with Gasteiger partial charge in [-0.3, -0.25) is 9.78 Å². The molecular formula is C28H20ClF3N4O2. The van der Waals surface area contributed by atoms with Crippen LogP contribution >= 0.6 is 11.6 Å². The number of fused-ring (bicyclic) bond motifs is 1. The van der Waals surface area contributed by atoms with E-state index in [-0.39, 0.29) is 21.2 Å². The Morgan fingerprint density at radius 3 is 2.42 bits per heavy atom. The van der Waals surface area contributed by atoms with Crippen LogP contribution in [0.1, 0.15) is 22.9 Å². The van der Waals surface area contributed by atoms with Crippen molar-refractivity contribution in [3.63, 3.8) is 0 Å². The number of terminal acetylenes is 1. The van der Waals surface area contributed by atoms with E-state index in [1.165, 1.54) is 6.07 Å². The summed E-state index contributed by atoms with van der Waals surface area (Å²) in [4.78, 5) is 20.2. The van der Waals surface area contributed by atoms with Crippen LogP contribution in [0, 0.1) is 12.3 Å². The standard InChI is InChI=1S/C24H14ClF3N2O2.C4H6N2/c1-2-14-4-3-5-16(10-14)18-12-22(31)30(24(26,27)28)21-13-29-20(11-19(18)21)23(32)15-6-8-17(25)9-7-15;1-6-3-2-5-4-6/h1,3-13,23,32H;2-4H,1H3. The molecule has 1 unspecified atom stereocenters. The molecule has 0 spiro atoms. The topological polar surface area (TPSA) is 72.9 Å². The van der Waals surface area contributed by atoms with Crippen LogP contribution in [0.3, 0.4) is 0 Å². The Hall–Kier alpha value is -4.39. The minimum absolute atomic E-state index is 0.0918. The molecule has 0 radical (unpaired) electrons. The van der Waals surface area contributed by atoms with E-state index in [1.807, 2.05) is 17.8 Å². The van der Waals surface area contributed by atoms with Crippen molar-refractivity contribution in [3.05, 3.63) is 118 Å². The first-order chi connectivity index (χ1) is 18.1. The Morgan fingerprint density at radius 2 is 1.84 bits per heavy atom. The summed E-state index contributed by atoms with van der Waals surface area (Å²) >= 11 is 5.88. The van der Waals surface area contributed by atoms with Crippen LogP contribution in [0.5, 0.6) is 0 Å². The van der Waals surface area contributed by atoms with Gasteiger partial charge in [0.1, 0.15) is 6.10 Å². The quantitative estimate of drug-likeness (QED) is 0.301. The van der Waals surface area contributed by atoms with Gasteiger partial charge in [0, 0.05) is 41.5 Å². The van der Waals surface area contributed by atoms with Crippen molar-refractivity contribution in [2.24, 2.45) is 7.05 Å². The molecule has 2 aromatic carbocycles. The average molecular weight is 537 g/mol. The smallest absolute Gasteiger partial charge is 0.382 e. The molecule has 3 heterocycles. The molecule has 1 atom stereocenters. The highest BCUT2D eigenvalue weighted by molar-refractivity contribution is 6.30. The Morgan fingerprint density at radius 1 is 1.11 bits per heavy atom. The van der Waals surface area contributed by atoms with Crippen LogP contribution < -0.4 is 5.56 Å². The maximum absolute atomic E-state index is 13.6. The van der Waals surface area contributed by atoms with E-state index in [1.54, 1.807) is 61.1 Å². The molecule has 5 rings (SSSR count). The first kappa shape index (κ1) is 26.7. The van der Waals surface area contributed by atoms with Gasteiger partial charge in [-0.2, -0.15) is 0 Å². The number of hydrogen-bond acceptors (Lipinski definition) is 4. The number of rotatable bonds is 3. The molecule has 0 aliphatic carbocycles. The van der Waals surface area contributed by atoms with E-state index in [2.05, 4.69) is 15.9 Å². The second kappa shape index (κ2) is 10.9. The van der Waals surface area contributed by atoms with Crippen LogP contribution in [0.4, 0.5) is 13.2 Å². The lowest BCUT2D eigenvalue weighted by Crippen LogP contribution is -2.31. The van der Waals surface area contributed by atoms with E-state index in [0.29, 0.717) is 21.7 Å². The molecule has 1 N–H and O–H groups in total. The number of halogens is 4. The molecule has 0 bridgehead atoms. The number of aryl methyl sites for hydroxylation is 1. The number of pyridine rings is 2. The molecule has 5 aromatic rings. The van der Waals surface area contributed by atoms with Gasteiger partial charge in [0.2, 0.25) is 0 Å². The number of hydrogen-bond donors (Lipinski definition) is 1. The zero-order valence-electron chi connectivity index (χ0n) is 19.9. The fourth-order valence-electron chi connectivity index (χ4n) is 3.81. The maximum Gasteiger partial charge on any atom is 0.491 e. The summed E-state index contributed by atoms with van der Waals surface area (Å²) < 4.78 is 42.5. The summed E-state index contributed by atoms with van der Waals surface area (Å²) in [7, 11) is 1.94. The minimum Gasteiger partial charge on any atom is -0.382 e. The lowest BCUT2D eigenvalue weighted by molar-refractivity contribution is -0.203. The number of imidazole rings is 1. The lowest BCUT2D eigenvalue weighted by Gasteiger charge is -2.18. The van der Waals surface area contributed by atoms with Gasteiger partial charge in [0.15, 0.2) is 0 Å². The van der Waals surface area contributed by atoms with Gasteiger partial charge >= 0.3 is 6.30 Å². The molecule has 10 heteroatoms. The van der Waals surface area contributed by atoms with Crippen LogP contribution in [0.25, 0.3) is 22.0 Å². The monoisotopic (exact) mass is 536 g/mol. The SMILES string of the molecule is C#Cc1cccc(-c2cc(=O)n(C(F)(F)F)c3cnc(C(O)c4ccc(Cl)cc4)cc23)c1.Cn1ccnc1. The normalized spacial score (nSPS) is 11.9. The highest BCUT2D eigenvalue weighted by Crippen LogP contribution is 2.33. The fourth-order valence-corrected chi connectivity index (χ4v) is 3.94. The van der Waals surface area contributed by atoms with E-state index in [0.717, 1.165) is 12.3 Å². The van der Waals surface area contributed by atoms with E-state index in [4.69, 9.17) is 18.0 Å². The molecule has 0 fully saturated rings. The van der Waals surface area contributed by atoms with E-state index >= 15 is 0 Å². The van der Waals surface area contributed by atoms with Gasteiger partial charge in [-0.15, -0.1) is 19.6 Å². The highest BCUT2D eigenvalue weighted by Gasteiger charge is 2.34. The molecular weight excluding hydrogens is 517 g/mol. The summed E-state index contributed by atoms with van der Waals surface area (Å²) in [5.41, 5.74) is 0.107. The van der Waals surface area contributed by atoms with Crippen molar-refractivity contribution >= 4 is 22.5 Å². The molecule has 0 amide bonds. The Kier molecular flexibility index (Phi) is 7.67. The molecule has 192 valence electrons. The van der Waals surface area contributed by atoms with Crippen molar-refractivity contribution < 1.29 is 18.3 Å². The zero-order chi connectivity index (χ0) is 27.4. The number of nitrogens with zero attached hydrogens (tertiary/aromatic N) is 4. The zero-order valence-corrected chi connectivity index (χ0v) is 20.6. The number of aliphatic hydroxyl groups is 1. The summed E-state index contributed by atoms with van der Waals surface area (Å²) in [6.45, 7) is 0. The van der Waals surface area contributed by atoms with E-state index < -0.39 is 23.5 Å². The van der Waals surface area contributed by atoms with Crippen LogP contribution in [0.2, 0.25) is 5.02 Å². The third kappa shape index (κ3) is 5.78. The fraction of sp³-hybridized carbons (Fsp3) is 0.107. The lowest BCUT2D eigenvalue weighted by atomic mass is 9.98. The second-order valence-electron chi connectivity index (χ2n) is 8.23. The van der Waals surface area contributed by atoms with E-state index in [9.17, 15) is 23.1 Å². The third-order valence-corrected chi connectivity index (χ3v) is 5.87. The second-order valence-corrected chi connectivity index (χ2v) is 8.67. The van der Waals surface area contributed by atoms with Gasteiger partial charge in [0.05, 0.1) is 23.7 Å². The van der Waals surface area contributed by atoms with Gasteiger partial charge in [-0.05, 0) is 47.0 Å². The minimum atomic E-state index is -4.95. The first-order valence-electron chi connectivity index (χ1n) is 11.1. The third-order valence-electron chi connectivity index (χ3n) is 5.62.